The number of hydrogen-bond acceptors (Lipinski definition) is 8. The third-order valence-electron chi connectivity index (χ3n) is 6.10. The first-order valence-electron chi connectivity index (χ1n) is 11.6. The average Bonchev–Trinajstić information content (AvgIpc) is 3.08. The predicted octanol–water partition coefficient (Wildman–Crippen LogP) is 0.764. The smallest absolute Gasteiger partial charge is 0.305 e. The minimum Gasteiger partial charge on any atom is -0.469 e. The zero-order valence-electron chi connectivity index (χ0n) is 19.9. The van der Waals surface area contributed by atoms with E-state index in [1.165, 1.54) is 13.2 Å². The number of carbonyl (C=O) groups is 6. The van der Waals surface area contributed by atoms with Crippen molar-refractivity contribution in [2.24, 2.45) is 0 Å². The van der Waals surface area contributed by atoms with E-state index in [0.717, 1.165) is 30.6 Å². The van der Waals surface area contributed by atoms with Crippen molar-refractivity contribution in [2.75, 3.05) is 32.1 Å². The molecule has 2 N–H and O–H groups in total. The molecule has 1 saturated heterocycles. The Morgan fingerprint density at radius 1 is 1.11 bits per heavy atom. The van der Waals surface area contributed by atoms with Gasteiger partial charge in [-0.1, -0.05) is 18.9 Å². The third kappa shape index (κ3) is 6.03. The van der Waals surface area contributed by atoms with Gasteiger partial charge in [0.25, 0.3) is 11.8 Å². The molecule has 188 valence electrons. The molecule has 1 aromatic rings. The zero-order chi connectivity index (χ0) is 25.5. The normalized spacial score (nSPS) is 17.2. The number of anilines is 1. The fourth-order valence-corrected chi connectivity index (χ4v) is 4.25. The number of nitrogens with one attached hydrogen (secondary N) is 2. The summed E-state index contributed by atoms with van der Waals surface area (Å²) in [5, 5.41) is 5.01. The van der Waals surface area contributed by atoms with Crippen LogP contribution in [0.2, 0.25) is 0 Å². The molecule has 1 atom stereocenters. The number of rotatable bonds is 11. The minimum atomic E-state index is -1.05. The molecule has 2 aliphatic rings. The number of likely N-dealkylation sites (N-methyl/N-ethyl adjacent to an activating group) is 1. The number of unbranched alkanes of at least 4 members (excludes halogenated alkanes) is 3. The number of imide groups is 2. The standard InChI is InChI=1S/C24H30N4O7/c1-27(14-19(30)25-13-6-4-3-5-10-20(31)35-2)16-9-7-8-15-21(16)24(34)28(23(15)33)17-11-12-18(29)26-22(17)32/h7-9,17H,3-6,10-14H2,1-2H3,(H,25,30)(H,26,29,32). The number of nitrogens with zero attached hydrogens (tertiary/aromatic N) is 2. The highest BCUT2D eigenvalue weighted by Crippen LogP contribution is 2.33. The molecular weight excluding hydrogens is 456 g/mol. The molecule has 0 aliphatic carbocycles. The fourth-order valence-electron chi connectivity index (χ4n) is 4.25. The zero-order valence-corrected chi connectivity index (χ0v) is 19.9. The van der Waals surface area contributed by atoms with Crippen LogP contribution in [0.4, 0.5) is 5.69 Å². The van der Waals surface area contributed by atoms with Gasteiger partial charge in [0, 0.05) is 26.4 Å². The Kier molecular flexibility index (Phi) is 8.56. The Hall–Kier alpha value is -3.76. The molecule has 2 heterocycles. The van der Waals surface area contributed by atoms with Crippen LogP contribution in [0.5, 0.6) is 0 Å². The van der Waals surface area contributed by atoms with Gasteiger partial charge >= 0.3 is 5.97 Å². The highest BCUT2D eigenvalue weighted by molar-refractivity contribution is 6.25. The number of amides is 5. The number of hydrogen-bond donors (Lipinski definition) is 2. The second-order valence-corrected chi connectivity index (χ2v) is 8.59. The number of piperidine rings is 1. The summed E-state index contributed by atoms with van der Waals surface area (Å²) >= 11 is 0. The van der Waals surface area contributed by atoms with Crippen LogP contribution < -0.4 is 15.5 Å². The van der Waals surface area contributed by atoms with Gasteiger partial charge in [0.05, 0.1) is 30.5 Å². The van der Waals surface area contributed by atoms with E-state index in [-0.39, 0.29) is 42.4 Å². The number of fused-ring (bicyclic) bond motifs is 1. The van der Waals surface area contributed by atoms with E-state index in [9.17, 15) is 28.8 Å². The molecule has 35 heavy (non-hydrogen) atoms. The lowest BCUT2D eigenvalue weighted by Crippen LogP contribution is -2.54. The summed E-state index contributed by atoms with van der Waals surface area (Å²) < 4.78 is 4.60. The Labute approximate surface area is 203 Å². The van der Waals surface area contributed by atoms with Gasteiger partial charge in [0.2, 0.25) is 17.7 Å². The predicted molar refractivity (Wildman–Crippen MR) is 124 cm³/mol. The monoisotopic (exact) mass is 486 g/mol. The van der Waals surface area contributed by atoms with Crippen LogP contribution >= 0.6 is 0 Å². The molecule has 1 fully saturated rings. The highest BCUT2D eigenvalue weighted by Gasteiger charge is 2.45. The van der Waals surface area contributed by atoms with Gasteiger partial charge < -0.3 is 15.0 Å². The summed E-state index contributed by atoms with van der Waals surface area (Å²) in [5.74, 6) is -2.78. The molecular formula is C24H30N4O7. The van der Waals surface area contributed by atoms with E-state index in [1.807, 2.05) is 0 Å². The first-order chi connectivity index (χ1) is 16.7. The molecule has 0 aromatic heterocycles. The topological polar surface area (TPSA) is 142 Å². The van der Waals surface area contributed by atoms with E-state index in [0.29, 0.717) is 18.7 Å². The Morgan fingerprint density at radius 3 is 2.57 bits per heavy atom. The average molecular weight is 487 g/mol. The van der Waals surface area contributed by atoms with Gasteiger partial charge in [-0.15, -0.1) is 0 Å². The number of methoxy groups -OCH3 is 1. The largest absolute Gasteiger partial charge is 0.469 e. The molecule has 0 bridgehead atoms. The number of benzene rings is 1. The van der Waals surface area contributed by atoms with Crippen LogP contribution in [-0.2, 0) is 23.9 Å². The Bertz CT molecular complexity index is 1040. The van der Waals surface area contributed by atoms with Gasteiger partial charge in [-0.25, -0.2) is 0 Å². The quantitative estimate of drug-likeness (QED) is 0.265. The summed E-state index contributed by atoms with van der Waals surface area (Å²) in [5.41, 5.74) is 0.716. The van der Waals surface area contributed by atoms with Gasteiger partial charge in [0.15, 0.2) is 0 Å². The van der Waals surface area contributed by atoms with Crippen molar-refractivity contribution in [3.8, 4) is 0 Å². The highest BCUT2D eigenvalue weighted by atomic mass is 16.5. The molecule has 2 aliphatic heterocycles. The van der Waals surface area contributed by atoms with Crippen LogP contribution in [0, 0.1) is 0 Å². The molecule has 1 unspecified atom stereocenters. The number of esters is 1. The summed E-state index contributed by atoms with van der Waals surface area (Å²) in [4.78, 5) is 75.9. The summed E-state index contributed by atoms with van der Waals surface area (Å²) in [6.07, 6.45) is 3.74. The molecule has 3 rings (SSSR count). The first kappa shape index (κ1) is 25.9. The maximum atomic E-state index is 13.2. The minimum absolute atomic E-state index is 0.0291. The van der Waals surface area contributed by atoms with E-state index < -0.39 is 29.7 Å². The van der Waals surface area contributed by atoms with Crippen LogP contribution in [-0.4, -0.2) is 73.7 Å². The SMILES string of the molecule is COC(=O)CCCCCCNC(=O)CN(C)c1cccc2c1C(=O)N(C1CCC(=O)NC1=O)C2=O. The van der Waals surface area contributed by atoms with Gasteiger partial charge in [-0.3, -0.25) is 39.0 Å². The van der Waals surface area contributed by atoms with E-state index >= 15 is 0 Å². The van der Waals surface area contributed by atoms with Crippen LogP contribution in [0.15, 0.2) is 18.2 Å². The third-order valence-corrected chi connectivity index (χ3v) is 6.10. The molecule has 5 amide bonds. The van der Waals surface area contributed by atoms with Crippen molar-refractivity contribution in [1.82, 2.24) is 15.5 Å². The van der Waals surface area contributed by atoms with Crippen molar-refractivity contribution < 1.29 is 33.5 Å². The number of carbonyl (C=O) groups excluding carboxylic acids is 6. The summed E-state index contributed by atoms with van der Waals surface area (Å²) in [6, 6.07) is 3.73. The van der Waals surface area contributed by atoms with Crippen molar-refractivity contribution in [3.05, 3.63) is 29.3 Å². The molecule has 1 aromatic carbocycles. The van der Waals surface area contributed by atoms with Gasteiger partial charge in [0.1, 0.15) is 6.04 Å². The van der Waals surface area contributed by atoms with E-state index in [4.69, 9.17) is 0 Å². The molecule has 0 saturated carbocycles. The second kappa shape index (κ2) is 11.6. The lowest BCUT2D eigenvalue weighted by Gasteiger charge is -2.28. The van der Waals surface area contributed by atoms with Crippen LogP contribution in [0.3, 0.4) is 0 Å². The first-order valence-corrected chi connectivity index (χ1v) is 11.6. The summed E-state index contributed by atoms with van der Waals surface area (Å²) in [6.45, 7) is 0.456. The second-order valence-electron chi connectivity index (χ2n) is 8.59. The van der Waals surface area contributed by atoms with Crippen molar-refractivity contribution in [3.63, 3.8) is 0 Å². The molecule has 0 radical (unpaired) electrons. The van der Waals surface area contributed by atoms with E-state index in [2.05, 4.69) is 15.4 Å². The van der Waals surface area contributed by atoms with E-state index in [1.54, 1.807) is 24.1 Å². The Balaban J connectivity index is 1.56. The lowest BCUT2D eigenvalue weighted by atomic mass is 10.0. The van der Waals surface area contributed by atoms with Crippen LogP contribution in [0.25, 0.3) is 0 Å². The van der Waals surface area contributed by atoms with Gasteiger partial charge in [-0.2, -0.15) is 0 Å². The molecule has 11 heteroatoms. The number of ether oxygens (including phenoxy) is 1. The van der Waals surface area contributed by atoms with Crippen molar-refractivity contribution in [1.29, 1.82) is 0 Å². The molecule has 11 nitrogen and oxygen atoms in total. The Morgan fingerprint density at radius 2 is 1.86 bits per heavy atom. The maximum Gasteiger partial charge on any atom is 0.305 e. The fraction of sp³-hybridized carbons (Fsp3) is 0.500. The van der Waals surface area contributed by atoms with Crippen LogP contribution in [0.1, 0.15) is 65.7 Å². The lowest BCUT2D eigenvalue weighted by molar-refractivity contribution is -0.141. The van der Waals surface area contributed by atoms with Crippen molar-refractivity contribution in [2.45, 2.75) is 51.0 Å². The van der Waals surface area contributed by atoms with Crippen molar-refractivity contribution >= 4 is 41.2 Å². The molecule has 0 spiro atoms. The van der Waals surface area contributed by atoms with Gasteiger partial charge in [-0.05, 0) is 31.4 Å². The summed E-state index contributed by atoms with van der Waals surface area (Å²) in [7, 11) is 3.01. The maximum absolute atomic E-state index is 13.2.